The minimum atomic E-state index is 0.895. The van der Waals surface area contributed by atoms with E-state index in [0.29, 0.717) is 0 Å². The molecular formula is C52H34N4. The van der Waals surface area contributed by atoms with Crippen LogP contribution in [0.15, 0.2) is 206 Å². The van der Waals surface area contributed by atoms with E-state index in [0.717, 1.165) is 56.4 Å². The van der Waals surface area contributed by atoms with Gasteiger partial charge in [0.2, 0.25) is 0 Å². The Balaban J connectivity index is 1.05. The molecule has 0 amide bonds. The molecular weight excluding hydrogens is 681 g/mol. The van der Waals surface area contributed by atoms with Crippen molar-refractivity contribution in [2.75, 3.05) is 0 Å². The van der Waals surface area contributed by atoms with Gasteiger partial charge >= 0.3 is 0 Å². The topological polar surface area (TPSA) is 35.6 Å². The molecule has 11 rings (SSSR count). The summed E-state index contributed by atoms with van der Waals surface area (Å²) in [7, 11) is 0. The fraction of sp³-hybridized carbons (Fsp3) is 0. The summed E-state index contributed by atoms with van der Waals surface area (Å²) in [6.07, 6.45) is 0. The van der Waals surface area contributed by atoms with Crippen molar-refractivity contribution in [2.24, 2.45) is 0 Å². The van der Waals surface area contributed by atoms with Gasteiger partial charge in [-0.3, -0.25) is 0 Å². The molecule has 0 unspecified atom stereocenters. The molecule has 56 heavy (non-hydrogen) atoms. The number of rotatable bonds is 6. The van der Waals surface area contributed by atoms with Crippen LogP contribution < -0.4 is 0 Å². The molecule has 0 aliphatic rings. The van der Waals surface area contributed by atoms with Crippen LogP contribution in [-0.4, -0.2) is 19.1 Å². The lowest BCUT2D eigenvalue weighted by molar-refractivity contribution is 1.17. The van der Waals surface area contributed by atoms with E-state index in [-0.39, 0.29) is 0 Å². The molecule has 4 nitrogen and oxygen atoms in total. The average Bonchev–Trinajstić information content (AvgIpc) is 3.80. The summed E-state index contributed by atoms with van der Waals surface area (Å²) in [6, 6.07) is 72.9. The monoisotopic (exact) mass is 714 g/mol. The maximum Gasteiger partial charge on any atom is 0.0803 e. The van der Waals surface area contributed by atoms with Crippen molar-refractivity contribution in [3.63, 3.8) is 0 Å². The van der Waals surface area contributed by atoms with Gasteiger partial charge in [-0.05, 0) is 66.7 Å². The zero-order valence-electron chi connectivity index (χ0n) is 30.4. The van der Waals surface area contributed by atoms with Crippen LogP contribution in [-0.2, 0) is 0 Å². The molecule has 0 spiro atoms. The summed E-state index contributed by atoms with van der Waals surface area (Å²) in [5.74, 6) is 0. The summed E-state index contributed by atoms with van der Waals surface area (Å²) < 4.78 is 4.83. The first-order chi connectivity index (χ1) is 27.8. The van der Waals surface area contributed by atoms with E-state index < -0.39 is 0 Å². The lowest BCUT2D eigenvalue weighted by Gasteiger charge is -2.13. The molecule has 262 valence electrons. The molecule has 7 aromatic carbocycles. The van der Waals surface area contributed by atoms with Crippen LogP contribution >= 0.6 is 0 Å². The number of hydrogen-bond acceptors (Lipinski definition) is 2. The molecule has 4 heteroatoms. The Morgan fingerprint density at radius 1 is 0.304 bits per heavy atom. The molecule has 0 aliphatic carbocycles. The first-order valence-corrected chi connectivity index (χ1v) is 19.0. The fourth-order valence-electron chi connectivity index (χ4n) is 8.41. The predicted octanol–water partition coefficient (Wildman–Crippen LogP) is 13.3. The maximum absolute atomic E-state index is 5.33. The van der Waals surface area contributed by atoms with Crippen molar-refractivity contribution in [3.05, 3.63) is 206 Å². The van der Waals surface area contributed by atoms with Crippen molar-refractivity contribution >= 4 is 43.6 Å². The number of aromatic nitrogens is 4. The molecule has 4 heterocycles. The Hall–Kier alpha value is -7.56. The third-order valence-corrected chi connectivity index (χ3v) is 10.9. The van der Waals surface area contributed by atoms with Crippen LogP contribution in [0.3, 0.4) is 0 Å². The van der Waals surface area contributed by atoms with Gasteiger partial charge in [0.15, 0.2) is 0 Å². The highest BCUT2D eigenvalue weighted by Gasteiger charge is 2.21. The van der Waals surface area contributed by atoms with Crippen molar-refractivity contribution in [1.29, 1.82) is 0 Å². The first-order valence-electron chi connectivity index (χ1n) is 19.0. The van der Waals surface area contributed by atoms with Crippen molar-refractivity contribution in [3.8, 4) is 56.4 Å². The highest BCUT2D eigenvalue weighted by Crippen LogP contribution is 2.42. The molecule has 0 fully saturated rings. The summed E-state index contributed by atoms with van der Waals surface area (Å²) in [5, 5.41) is 4.98. The van der Waals surface area contributed by atoms with E-state index >= 15 is 0 Å². The van der Waals surface area contributed by atoms with Gasteiger partial charge in [-0.1, -0.05) is 140 Å². The molecule has 0 saturated carbocycles. The normalized spacial score (nSPS) is 11.6. The molecule has 0 aliphatic heterocycles. The third kappa shape index (κ3) is 5.15. The second kappa shape index (κ2) is 13.1. The second-order valence-electron chi connectivity index (χ2n) is 14.2. The molecule has 0 atom stereocenters. The Kier molecular flexibility index (Phi) is 7.46. The smallest absolute Gasteiger partial charge is 0.0803 e. The quantitative estimate of drug-likeness (QED) is 0.172. The highest BCUT2D eigenvalue weighted by molar-refractivity contribution is 6.26. The number of para-hydroxylation sites is 3. The predicted molar refractivity (Wildman–Crippen MR) is 232 cm³/mol. The zero-order chi connectivity index (χ0) is 37.0. The number of benzene rings is 7. The van der Waals surface area contributed by atoms with E-state index in [9.17, 15) is 0 Å². The molecule has 0 radical (unpaired) electrons. The van der Waals surface area contributed by atoms with Crippen LogP contribution in [0.1, 0.15) is 0 Å². The van der Waals surface area contributed by atoms with Crippen LogP contribution in [0.4, 0.5) is 0 Å². The summed E-state index contributed by atoms with van der Waals surface area (Å²) in [6.45, 7) is 0. The standard InChI is InChI=1S/C52H34N4/c1-4-15-35(16-5-1)44-23-14-24-46(53-44)42-31-33-45(54-51(42)37-17-6-2-7-18-37)36-27-29-39(30-28-36)55-48-26-13-11-22-43(48)50-49(55)34-32-41-40-21-10-12-25-47(40)56(52(41)50)38-19-8-3-9-20-38/h1-34H. The summed E-state index contributed by atoms with van der Waals surface area (Å²) in [5.41, 5.74) is 14.9. The number of pyridine rings is 2. The lowest BCUT2D eigenvalue weighted by atomic mass is 10.00. The molecule has 0 bridgehead atoms. The Morgan fingerprint density at radius 2 is 0.875 bits per heavy atom. The minimum Gasteiger partial charge on any atom is -0.309 e. The first kappa shape index (κ1) is 31.9. The van der Waals surface area contributed by atoms with Crippen LogP contribution in [0, 0.1) is 0 Å². The molecule has 11 aromatic rings. The number of nitrogens with zero attached hydrogens (tertiary/aromatic N) is 4. The van der Waals surface area contributed by atoms with E-state index in [1.165, 1.54) is 43.6 Å². The Bertz CT molecular complexity index is 3220. The Morgan fingerprint density at radius 3 is 1.62 bits per heavy atom. The number of fused-ring (bicyclic) bond motifs is 7. The van der Waals surface area contributed by atoms with Crippen molar-refractivity contribution in [2.45, 2.75) is 0 Å². The van der Waals surface area contributed by atoms with Gasteiger partial charge in [-0.2, -0.15) is 0 Å². The summed E-state index contributed by atoms with van der Waals surface area (Å²) in [4.78, 5) is 10.4. The van der Waals surface area contributed by atoms with Gasteiger partial charge in [0.25, 0.3) is 0 Å². The van der Waals surface area contributed by atoms with Gasteiger partial charge in [-0.15, -0.1) is 0 Å². The fourth-order valence-corrected chi connectivity index (χ4v) is 8.41. The van der Waals surface area contributed by atoms with E-state index in [1.54, 1.807) is 0 Å². The van der Waals surface area contributed by atoms with Gasteiger partial charge < -0.3 is 9.13 Å². The minimum absolute atomic E-state index is 0.895. The molecule has 0 N–H and O–H groups in total. The molecule has 4 aromatic heterocycles. The highest BCUT2D eigenvalue weighted by atomic mass is 15.0. The van der Waals surface area contributed by atoms with Gasteiger partial charge in [0.1, 0.15) is 0 Å². The van der Waals surface area contributed by atoms with Crippen LogP contribution in [0.25, 0.3) is 100 Å². The Labute approximate surface area is 324 Å². The van der Waals surface area contributed by atoms with Crippen molar-refractivity contribution in [1.82, 2.24) is 19.1 Å². The van der Waals surface area contributed by atoms with Crippen LogP contribution in [0.5, 0.6) is 0 Å². The largest absolute Gasteiger partial charge is 0.309 e. The third-order valence-electron chi connectivity index (χ3n) is 10.9. The van der Waals surface area contributed by atoms with Crippen molar-refractivity contribution < 1.29 is 0 Å². The average molecular weight is 715 g/mol. The SMILES string of the molecule is c1ccc(-c2cccc(-c3ccc(-c4ccc(-n5c6ccccc6c6c5ccc5c7ccccc7n(-c7ccccc7)c56)cc4)nc3-c3ccccc3)n2)cc1. The maximum atomic E-state index is 5.33. The second-order valence-corrected chi connectivity index (χ2v) is 14.2. The van der Waals surface area contributed by atoms with Crippen LogP contribution in [0.2, 0.25) is 0 Å². The summed E-state index contributed by atoms with van der Waals surface area (Å²) >= 11 is 0. The zero-order valence-corrected chi connectivity index (χ0v) is 30.4. The van der Waals surface area contributed by atoms with E-state index in [2.05, 4.69) is 191 Å². The van der Waals surface area contributed by atoms with Gasteiger partial charge in [-0.25, -0.2) is 9.97 Å². The van der Waals surface area contributed by atoms with E-state index in [4.69, 9.17) is 9.97 Å². The van der Waals surface area contributed by atoms with E-state index in [1.807, 2.05) is 24.3 Å². The van der Waals surface area contributed by atoms with Gasteiger partial charge in [0, 0.05) is 55.2 Å². The van der Waals surface area contributed by atoms with Gasteiger partial charge in [0.05, 0.1) is 44.8 Å². The number of hydrogen-bond donors (Lipinski definition) is 0. The lowest BCUT2D eigenvalue weighted by Crippen LogP contribution is -1.96. The molecule has 0 saturated heterocycles.